The number of pyridine rings is 1. The molecule has 0 aliphatic carbocycles. The molecule has 1 N–H and O–H groups in total. The molecule has 0 bridgehead atoms. The predicted octanol–water partition coefficient (Wildman–Crippen LogP) is 4.37. The number of hydrogen-bond donors (Lipinski definition) is 1. The lowest BCUT2D eigenvalue weighted by Crippen LogP contribution is -2.30. The van der Waals surface area contributed by atoms with Crippen LogP contribution in [-0.2, 0) is 9.59 Å². The number of methoxy groups -OCH3 is 1. The highest BCUT2D eigenvalue weighted by Crippen LogP contribution is 2.41. The van der Waals surface area contributed by atoms with Gasteiger partial charge in [-0.15, -0.1) is 0 Å². The molecule has 2 aromatic carbocycles. The summed E-state index contributed by atoms with van der Waals surface area (Å²) in [6.07, 6.45) is 1.54. The van der Waals surface area contributed by atoms with Gasteiger partial charge in [0.15, 0.2) is 0 Å². The first-order valence-electron chi connectivity index (χ1n) is 9.13. The summed E-state index contributed by atoms with van der Waals surface area (Å²) in [6, 6.07) is 17.6. The van der Waals surface area contributed by atoms with Crippen LogP contribution in [0.4, 0.5) is 5.82 Å². The van der Waals surface area contributed by atoms with Crippen LogP contribution in [0.2, 0.25) is 5.02 Å². The van der Waals surface area contributed by atoms with Gasteiger partial charge in [0.2, 0.25) is 0 Å². The van der Waals surface area contributed by atoms with Crippen molar-refractivity contribution in [1.82, 2.24) is 4.98 Å². The fourth-order valence-electron chi connectivity index (χ4n) is 3.45. The SMILES string of the molecule is COc1cccc(C(O)=C2C(=O)C(=O)N(c3ccccn3)[C@H]2c2ccc(Cl)cc2)c1. The fraction of sp³-hybridized carbons (Fsp3) is 0.0870. The van der Waals surface area contributed by atoms with Crippen molar-refractivity contribution in [2.24, 2.45) is 0 Å². The van der Waals surface area contributed by atoms with Gasteiger partial charge in [-0.2, -0.15) is 0 Å². The second-order valence-corrected chi connectivity index (χ2v) is 7.08. The summed E-state index contributed by atoms with van der Waals surface area (Å²) in [5.41, 5.74) is 0.960. The number of aliphatic hydroxyl groups excluding tert-OH is 1. The Balaban J connectivity index is 1.94. The van der Waals surface area contributed by atoms with E-state index in [4.69, 9.17) is 16.3 Å². The molecule has 4 rings (SSSR count). The standard InChI is InChI=1S/C23H17ClN2O4/c1-30-17-6-4-5-15(13-17)21(27)19-20(14-8-10-16(24)11-9-14)26(23(29)22(19)28)18-7-2-3-12-25-18/h2-13,20,27H,1H3/t20-/m0/s1. The molecule has 1 amide bonds. The Morgan fingerprint density at radius 1 is 1.07 bits per heavy atom. The third-order valence-corrected chi connectivity index (χ3v) is 5.12. The number of hydrogen-bond acceptors (Lipinski definition) is 5. The van der Waals surface area contributed by atoms with Gasteiger partial charge in [-0.05, 0) is 42.0 Å². The second-order valence-electron chi connectivity index (χ2n) is 6.64. The van der Waals surface area contributed by atoms with Gasteiger partial charge in [-0.1, -0.05) is 41.9 Å². The summed E-state index contributed by atoms with van der Waals surface area (Å²) in [7, 11) is 1.51. The van der Waals surface area contributed by atoms with E-state index >= 15 is 0 Å². The number of nitrogens with zero attached hydrogens (tertiary/aromatic N) is 2. The fourth-order valence-corrected chi connectivity index (χ4v) is 3.58. The third-order valence-electron chi connectivity index (χ3n) is 4.87. The number of benzene rings is 2. The number of aromatic nitrogens is 1. The minimum absolute atomic E-state index is 0.0266. The lowest BCUT2D eigenvalue weighted by molar-refractivity contribution is -0.132. The van der Waals surface area contributed by atoms with Gasteiger partial charge in [0.25, 0.3) is 5.78 Å². The van der Waals surface area contributed by atoms with Crippen molar-refractivity contribution in [1.29, 1.82) is 0 Å². The van der Waals surface area contributed by atoms with Crippen LogP contribution >= 0.6 is 11.6 Å². The van der Waals surface area contributed by atoms with Crippen LogP contribution in [0, 0.1) is 0 Å². The summed E-state index contributed by atoms with van der Waals surface area (Å²) in [4.78, 5) is 31.5. The lowest BCUT2D eigenvalue weighted by Gasteiger charge is -2.24. The van der Waals surface area contributed by atoms with Crippen molar-refractivity contribution in [3.05, 3.63) is 94.6 Å². The zero-order valence-corrected chi connectivity index (χ0v) is 16.7. The molecule has 0 unspecified atom stereocenters. The molecule has 6 nitrogen and oxygen atoms in total. The third kappa shape index (κ3) is 3.42. The first-order valence-corrected chi connectivity index (χ1v) is 9.51. The number of carbonyl (C=O) groups excluding carboxylic acids is 2. The second kappa shape index (κ2) is 8.00. The molecule has 1 aliphatic heterocycles. The topological polar surface area (TPSA) is 79.7 Å². The number of rotatable bonds is 4. The van der Waals surface area contributed by atoms with Crippen molar-refractivity contribution in [2.75, 3.05) is 12.0 Å². The zero-order valence-electron chi connectivity index (χ0n) is 15.9. The van der Waals surface area contributed by atoms with Gasteiger partial charge in [0, 0.05) is 16.8 Å². The quantitative estimate of drug-likeness (QED) is 0.385. The molecular weight excluding hydrogens is 404 g/mol. The average Bonchev–Trinajstić information content (AvgIpc) is 3.05. The summed E-state index contributed by atoms with van der Waals surface area (Å²) in [5.74, 6) is -1.02. The molecule has 0 radical (unpaired) electrons. The van der Waals surface area contributed by atoms with Crippen molar-refractivity contribution in [3.63, 3.8) is 0 Å². The van der Waals surface area contributed by atoms with Crippen LogP contribution in [0.25, 0.3) is 5.76 Å². The van der Waals surface area contributed by atoms with Crippen LogP contribution in [-0.4, -0.2) is 28.9 Å². The molecule has 1 atom stereocenters. The summed E-state index contributed by atoms with van der Waals surface area (Å²) in [5, 5.41) is 11.6. The maximum absolute atomic E-state index is 13.0. The first kappa shape index (κ1) is 19.7. The molecule has 1 fully saturated rings. The molecule has 7 heteroatoms. The van der Waals surface area contributed by atoms with Crippen LogP contribution < -0.4 is 9.64 Å². The Morgan fingerprint density at radius 3 is 2.50 bits per heavy atom. The summed E-state index contributed by atoms with van der Waals surface area (Å²) >= 11 is 6.02. The Hall–Kier alpha value is -3.64. The highest BCUT2D eigenvalue weighted by atomic mass is 35.5. The molecular formula is C23H17ClN2O4. The average molecular weight is 421 g/mol. The van der Waals surface area contributed by atoms with Crippen LogP contribution in [0.1, 0.15) is 17.2 Å². The van der Waals surface area contributed by atoms with Crippen molar-refractivity contribution >= 4 is 34.9 Å². The van der Waals surface area contributed by atoms with Gasteiger partial charge in [-0.3, -0.25) is 14.5 Å². The number of amides is 1. The highest BCUT2D eigenvalue weighted by molar-refractivity contribution is 6.51. The van der Waals surface area contributed by atoms with Crippen LogP contribution in [0.3, 0.4) is 0 Å². The van der Waals surface area contributed by atoms with E-state index in [-0.39, 0.29) is 11.3 Å². The van der Waals surface area contributed by atoms with E-state index in [9.17, 15) is 14.7 Å². The summed E-state index contributed by atoms with van der Waals surface area (Å²) in [6.45, 7) is 0. The van der Waals surface area contributed by atoms with Gasteiger partial charge >= 0.3 is 5.91 Å². The molecule has 3 aromatic rings. The Bertz CT molecular complexity index is 1140. The van der Waals surface area contributed by atoms with E-state index in [1.54, 1.807) is 66.7 Å². The number of carbonyl (C=O) groups is 2. The molecule has 1 aromatic heterocycles. The Kier molecular flexibility index (Phi) is 5.25. The van der Waals surface area contributed by atoms with Crippen molar-refractivity contribution < 1.29 is 19.4 Å². The maximum atomic E-state index is 13.0. The largest absolute Gasteiger partial charge is 0.507 e. The first-order chi connectivity index (χ1) is 14.5. The number of ketones is 1. The normalized spacial score (nSPS) is 17.9. The Morgan fingerprint density at radius 2 is 1.83 bits per heavy atom. The number of anilines is 1. The molecule has 1 saturated heterocycles. The van der Waals surface area contributed by atoms with E-state index in [0.29, 0.717) is 27.7 Å². The van der Waals surface area contributed by atoms with E-state index in [1.165, 1.54) is 18.2 Å². The lowest BCUT2D eigenvalue weighted by atomic mass is 9.95. The van der Waals surface area contributed by atoms with E-state index < -0.39 is 17.7 Å². The van der Waals surface area contributed by atoms with E-state index in [1.807, 2.05) is 0 Å². The zero-order chi connectivity index (χ0) is 21.3. The van der Waals surface area contributed by atoms with Gasteiger partial charge in [0.1, 0.15) is 17.3 Å². The minimum Gasteiger partial charge on any atom is -0.507 e. The monoisotopic (exact) mass is 420 g/mol. The molecule has 30 heavy (non-hydrogen) atoms. The van der Waals surface area contributed by atoms with Gasteiger partial charge in [0.05, 0.1) is 18.7 Å². The maximum Gasteiger partial charge on any atom is 0.301 e. The number of ether oxygens (including phenoxy) is 1. The van der Waals surface area contributed by atoms with Crippen LogP contribution in [0.5, 0.6) is 5.75 Å². The van der Waals surface area contributed by atoms with Crippen molar-refractivity contribution in [3.8, 4) is 5.75 Å². The van der Waals surface area contributed by atoms with Gasteiger partial charge in [-0.25, -0.2) is 4.98 Å². The summed E-state index contributed by atoms with van der Waals surface area (Å²) < 4.78 is 5.21. The molecule has 150 valence electrons. The molecule has 1 aliphatic rings. The Labute approximate surface area is 178 Å². The number of aliphatic hydroxyl groups is 1. The van der Waals surface area contributed by atoms with Crippen molar-refractivity contribution in [2.45, 2.75) is 6.04 Å². The number of Topliss-reactive ketones (excluding diaryl/α,β-unsaturated/α-hetero) is 1. The molecule has 0 saturated carbocycles. The predicted molar refractivity (Wildman–Crippen MR) is 113 cm³/mol. The minimum atomic E-state index is -0.858. The van der Waals surface area contributed by atoms with Crippen LogP contribution in [0.15, 0.2) is 78.5 Å². The van der Waals surface area contributed by atoms with E-state index in [2.05, 4.69) is 4.98 Å². The number of halogens is 1. The highest BCUT2D eigenvalue weighted by Gasteiger charge is 2.47. The molecule has 2 heterocycles. The van der Waals surface area contributed by atoms with E-state index in [0.717, 1.165) is 0 Å². The smallest absolute Gasteiger partial charge is 0.301 e. The van der Waals surface area contributed by atoms with Gasteiger partial charge < -0.3 is 9.84 Å². The molecule has 0 spiro atoms.